The Morgan fingerprint density at radius 1 is 1.04 bits per heavy atom. The smallest absolute Gasteiger partial charge is 0.138 e. The Morgan fingerprint density at radius 3 is 2.46 bits per heavy atom. The van der Waals surface area contributed by atoms with E-state index in [9.17, 15) is 4.79 Å². The third-order valence-corrected chi connectivity index (χ3v) is 5.82. The number of hydrogen-bond donors (Lipinski definition) is 0. The molecule has 0 spiro atoms. The van der Waals surface area contributed by atoms with E-state index in [0.29, 0.717) is 6.42 Å². The summed E-state index contributed by atoms with van der Waals surface area (Å²) in [7, 11) is 0. The number of carbonyl (C=O) groups excluding carboxylic acids is 1. The fourth-order valence-corrected chi connectivity index (χ4v) is 3.84. The van der Waals surface area contributed by atoms with Crippen LogP contribution < -0.4 is 0 Å². The molecule has 0 N–H and O–H groups in total. The third kappa shape index (κ3) is 3.25. The van der Waals surface area contributed by atoms with Crippen LogP contribution in [-0.4, -0.2) is 17.5 Å². The molecule has 2 bridgehead atoms. The van der Waals surface area contributed by atoms with Gasteiger partial charge in [0.05, 0.1) is 0 Å². The van der Waals surface area contributed by atoms with Gasteiger partial charge in [-0.3, -0.25) is 4.79 Å². The first-order valence-corrected chi connectivity index (χ1v) is 9.27. The van der Waals surface area contributed by atoms with Crippen molar-refractivity contribution in [2.75, 3.05) is 0 Å². The average Bonchev–Trinajstić information content (AvgIpc) is 2.68. The molecule has 2 fully saturated rings. The topological polar surface area (TPSA) is 35.5 Å². The highest BCUT2D eigenvalue weighted by atomic mass is 17.2. The van der Waals surface area contributed by atoms with Gasteiger partial charge in [-0.2, -0.15) is 0 Å². The number of ketones is 1. The van der Waals surface area contributed by atoms with E-state index in [1.165, 1.54) is 11.1 Å². The molecule has 2 aromatic rings. The second-order valence-electron chi connectivity index (χ2n) is 7.61. The Hall–Kier alpha value is -2.23. The van der Waals surface area contributed by atoms with Crippen LogP contribution >= 0.6 is 0 Å². The van der Waals surface area contributed by atoms with Gasteiger partial charge in [0.25, 0.3) is 0 Å². The van der Waals surface area contributed by atoms with E-state index < -0.39 is 5.60 Å². The van der Waals surface area contributed by atoms with Gasteiger partial charge in [0.15, 0.2) is 0 Å². The third-order valence-electron chi connectivity index (χ3n) is 5.82. The Balaban J connectivity index is 1.50. The van der Waals surface area contributed by atoms with Crippen molar-refractivity contribution >= 4 is 11.9 Å². The van der Waals surface area contributed by atoms with Crippen LogP contribution in [0.1, 0.15) is 32.3 Å². The van der Waals surface area contributed by atoms with Crippen molar-refractivity contribution in [1.29, 1.82) is 0 Å². The van der Waals surface area contributed by atoms with Crippen molar-refractivity contribution in [3.63, 3.8) is 0 Å². The minimum atomic E-state index is -0.565. The van der Waals surface area contributed by atoms with Gasteiger partial charge in [-0.05, 0) is 36.1 Å². The van der Waals surface area contributed by atoms with Gasteiger partial charge in [0.2, 0.25) is 0 Å². The number of carbonyl (C=O) groups is 1. The number of Topliss-reactive ketones (excluding diaryl/α,β-unsaturated/α-hetero) is 1. The summed E-state index contributed by atoms with van der Waals surface area (Å²) in [5, 5.41) is 0. The van der Waals surface area contributed by atoms with Gasteiger partial charge >= 0.3 is 0 Å². The molecule has 0 unspecified atom stereocenters. The summed E-state index contributed by atoms with van der Waals surface area (Å²) in [5.41, 5.74) is 2.94. The Morgan fingerprint density at radius 2 is 1.73 bits per heavy atom. The highest BCUT2D eigenvalue weighted by Gasteiger charge is 2.48. The number of fused-ring (bicyclic) bond motifs is 2. The molecule has 1 aliphatic heterocycles. The van der Waals surface area contributed by atoms with Crippen LogP contribution in [0.2, 0.25) is 0 Å². The van der Waals surface area contributed by atoms with Crippen LogP contribution in [0.4, 0.5) is 0 Å². The van der Waals surface area contributed by atoms with Crippen molar-refractivity contribution in [3.8, 4) is 11.1 Å². The predicted molar refractivity (Wildman–Crippen MR) is 102 cm³/mol. The van der Waals surface area contributed by atoms with Gasteiger partial charge in [-0.25, -0.2) is 9.78 Å². The SMILES string of the molecule is C[C@@H]1C(=O)C[C@H]2C[C@@H]1OO[C@@]2(C)C=Cc1ccc(-c2ccccc2)cc1. The molecular weight excluding hydrogens is 324 g/mol. The van der Waals surface area contributed by atoms with Gasteiger partial charge in [-0.1, -0.05) is 67.6 Å². The first kappa shape index (κ1) is 17.2. The van der Waals surface area contributed by atoms with E-state index >= 15 is 0 Å². The molecule has 2 aromatic carbocycles. The summed E-state index contributed by atoms with van der Waals surface area (Å²) < 4.78 is 0. The Kier molecular flexibility index (Phi) is 4.51. The maximum Gasteiger partial charge on any atom is 0.138 e. The van der Waals surface area contributed by atoms with Crippen LogP contribution in [-0.2, 0) is 14.6 Å². The molecule has 1 saturated carbocycles. The number of rotatable bonds is 3. The van der Waals surface area contributed by atoms with Crippen LogP contribution in [0, 0.1) is 11.8 Å². The van der Waals surface area contributed by atoms with Crippen LogP contribution in [0.25, 0.3) is 17.2 Å². The van der Waals surface area contributed by atoms with Crippen molar-refractivity contribution in [2.24, 2.45) is 11.8 Å². The maximum absolute atomic E-state index is 12.2. The van der Waals surface area contributed by atoms with Crippen molar-refractivity contribution < 1.29 is 14.6 Å². The first-order valence-electron chi connectivity index (χ1n) is 9.27. The molecule has 26 heavy (non-hydrogen) atoms. The van der Waals surface area contributed by atoms with Crippen molar-refractivity contribution in [3.05, 3.63) is 66.2 Å². The summed E-state index contributed by atoms with van der Waals surface area (Å²) in [4.78, 5) is 23.4. The van der Waals surface area contributed by atoms with Gasteiger partial charge in [-0.15, -0.1) is 0 Å². The fraction of sp³-hybridized carbons (Fsp3) is 0.348. The minimum Gasteiger partial charge on any atom is -0.299 e. The molecular formula is C23H24O3. The zero-order valence-corrected chi connectivity index (χ0v) is 15.2. The van der Waals surface area contributed by atoms with E-state index in [2.05, 4.69) is 42.5 Å². The van der Waals surface area contributed by atoms with Gasteiger partial charge < -0.3 is 0 Å². The molecule has 4 atom stereocenters. The van der Waals surface area contributed by atoms with E-state index in [4.69, 9.17) is 9.78 Å². The quantitative estimate of drug-likeness (QED) is 0.726. The molecule has 134 valence electrons. The monoisotopic (exact) mass is 348 g/mol. The van der Waals surface area contributed by atoms with Crippen molar-refractivity contribution in [2.45, 2.75) is 38.4 Å². The highest BCUT2D eigenvalue weighted by molar-refractivity contribution is 5.82. The summed E-state index contributed by atoms with van der Waals surface area (Å²) in [6.07, 6.45) is 5.43. The lowest BCUT2D eigenvalue weighted by atomic mass is 9.71. The maximum atomic E-state index is 12.2. The molecule has 2 aliphatic rings. The van der Waals surface area contributed by atoms with Crippen LogP contribution in [0.5, 0.6) is 0 Å². The molecule has 1 aliphatic carbocycles. The highest BCUT2D eigenvalue weighted by Crippen LogP contribution is 2.43. The summed E-state index contributed by atoms with van der Waals surface area (Å²) in [5.74, 6) is 0.386. The minimum absolute atomic E-state index is 0.0645. The van der Waals surface area contributed by atoms with E-state index in [1.807, 2.05) is 38.1 Å². The zero-order valence-electron chi connectivity index (χ0n) is 15.2. The Bertz CT molecular complexity index is 809. The first-order chi connectivity index (χ1) is 12.5. The van der Waals surface area contributed by atoms with E-state index in [0.717, 1.165) is 12.0 Å². The lowest BCUT2D eigenvalue weighted by molar-refractivity contribution is -0.415. The van der Waals surface area contributed by atoms with Crippen molar-refractivity contribution in [1.82, 2.24) is 0 Å². The molecule has 1 heterocycles. The van der Waals surface area contributed by atoms with Gasteiger partial charge in [0, 0.05) is 18.3 Å². The molecule has 1 saturated heterocycles. The average molecular weight is 348 g/mol. The number of hydrogen-bond acceptors (Lipinski definition) is 3. The molecule has 0 aromatic heterocycles. The lowest BCUT2D eigenvalue weighted by Crippen LogP contribution is -2.51. The van der Waals surface area contributed by atoms with Gasteiger partial charge in [0.1, 0.15) is 17.5 Å². The lowest BCUT2D eigenvalue weighted by Gasteiger charge is -2.45. The van der Waals surface area contributed by atoms with E-state index in [-0.39, 0.29) is 23.7 Å². The van der Waals surface area contributed by atoms with Crippen LogP contribution in [0.15, 0.2) is 60.7 Å². The molecule has 4 rings (SSSR count). The second kappa shape index (κ2) is 6.82. The predicted octanol–water partition coefficient (Wildman–Crippen LogP) is 5.07. The summed E-state index contributed by atoms with van der Waals surface area (Å²) >= 11 is 0. The summed E-state index contributed by atoms with van der Waals surface area (Å²) in [6.45, 7) is 3.94. The standard InChI is InChI=1S/C23H24O3/c1-16-21(24)14-20-15-22(16)25-26-23(20,2)13-12-17-8-10-19(11-9-17)18-6-4-3-5-7-18/h3-13,16,20,22H,14-15H2,1-2H3/t16-,20+,22+,23+/m1/s1. The molecule has 3 heteroatoms. The molecule has 3 nitrogen and oxygen atoms in total. The Labute approximate surface area is 154 Å². The largest absolute Gasteiger partial charge is 0.299 e. The normalized spacial score (nSPS) is 31.3. The van der Waals surface area contributed by atoms with Crippen LogP contribution in [0.3, 0.4) is 0 Å². The zero-order chi connectivity index (χ0) is 18.1. The number of benzene rings is 2. The molecule has 0 radical (unpaired) electrons. The second-order valence-corrected chi connectivity index (χ2v) is 7.61. The van der Waals surface area contributed by atoms with E-state index in [1.54, 1.807) is 0 Å². The molecule has 0 amide bonds. The fourth-order valence-electron chi connectivity index (χ4n) is 3.84. The summed E-state index contributed by atoms with van der Waals surface area (Å²) in [6, 6.07) is 18.8.